The van der Waals surface area contributed by atoms with Crippen LogP contribution < -0.4 is 10.6 Å². The molecule has 2 saturated heterocycles. The third kappa shape index (κ3) is 4.16. The molecule has 0 spiro atoms. The first-order chi connectivity index (χ1) is 11.6. The first kappa shape index (κ1) is 17.4. The number of carbonyl (C=O) groups is 2. The molecule has 0 saturated carbocycles. The quantitative estimate of drug-likeness (QED) is 0.854. The van der Waals surface area contributed by atoms with Gasteiger partial charge in [0.15, 0.2) is 0 Å². The number of thiophene rings is 1. The van der Waals surface area contributed by atoms with Crippen molar-refractivity contribution in [2.24, 2.45) is 5.92 Å². The van der Waals surface area contributed by atoms with Crippen LogP contribution in [0.4, 0.5) is 0 Å². The minimum Gasteiger partial charge on any atom is -0.354 e. The van der Waals surface area contributed by atoms with Crippen molar-refractivity contribution in [3.8, 4) is 0 Å². The summed E-state index contributed by atoms with van der Waals surface area (Å²) in [7, 11) is 0. The third-order valence-electron chi connectivity index (χ3n) is 5.11. The largest absolute Gasteiger partial charge is 0.354 e. The minimum absolute atomic E-state index is 0.0230. The second-order valence-corrected chi connectivity index (χ2v) is 7.90. The monoisotopic (exact) mass is 349 g/mol. The maximum Gasteiger partial charge on any atom is 0.237 e. The molecule has 132 valence electrons. The van der Waals surface area contributed by atoms with Crippen LogP contribution >= 0.6 is 11.3 Å². The Morgan fingerprint density at radius 1 is 1.42 bits per heavy atom. The summed E-state index contributed by atoms with van der Waals surface area (Å²) in [6, 6.07) is 4.00. The number of nitrogens with one attached hydrogen (secondary N) is 2. The topological polar surface area (TPSA) is 61.4 Å². The van der Waals surface area contributed by atoms with Crippen LogP contribution in [0.2, 0.25) is 0 Å². The highest BCUT2D eigenvalue weighted by Crippen LogP contribution is 2.25. The number of hydrogen-bond donors (Lipinski definition) is 2. The molecule has 0 aliphatic carbocycles. The van der Waals surface area contributed by atoms with Crippen LogP contribution in [0, 0.1) is 5.92 Å². The molecule has 2 aliphatic rings. The molecule has 5 nitrogen and oxygen atoms in total. The predicted octanol–water partition coefficient (Wildman–Crippen LogP) is 1.96. The Kier molecular flexibility index (Phi) is 5.89. The zero-order chi connectivity index (χ0) is 16.9. The highest BCUT2D eigenvalue weighted by Gasteiger charge is 2.29. The lowest BCUT2D eigenvalue weighted by atomic mass is 9.96. The Labute approximate surface area is 147 Å². The van der Waals surface area contributed by atoms with Gasteiger partial charge in [-0.15, -0.1) is 11.3 Å². The zero-order valence-corrected chi connectivity index (χ0v) is 15.1. The second-order valence-electron chi connectivity index (χ2n) is 6.92. The van der Waals surface area contributed by atoms with Crippen LogP contribution in [0.15, 0.2) is 17.5 Å². The van der Waals surface area contributed by atoms with Crippen LogP contribution in [-0.4, -0.2) is 48.9 Å². The molecule has 0 radical (unpaired) electrons. The molecule has 2 aliphatic heterocycles. The normalized spacial score (nSPS) is 25.5. The van der Waals surface area contributed by atoms with Crippen LogP contribution in [0.1, 0.15) is 43.4 Å². The standard InChI is InChI=1S/C18H27N3O2S/c1-13(16-7-4-10-24-16)18(23)21-9-3-5-14(12-21)11-20-17(22)15-6-2-8-19-15/h4,7,10,13-15,19H,2-3,5-6,8-9,11-12H2,1H3,(H,20,22)/t13-,14+,15+/m0/s1. The molecular formula is C18H27N3O2S. The Morgan fingerprint density at radius 3 is 3.00 bits per heavy atom. The number of likely N-dealkylation sites (tertiary alicyclic amines) is 1. The predicted molar refractivity (Wildman–Crippen MR) is 96.1 cm³/mol. The van der Waals surface area contributed by atoms with E-state index in [-0.39, 0.29) is 23.8 Å². The molecule has 3 heterocycles. The second kappa shape index (κ2) is 8.12. The Bertz CT molecular complexity index is 555. The van der Waals surface area contributed by atoms with Gasteiger partial charge in [-0.05, 0) is 56.5 Å². The number of nitrogens with zero attached hydrogens (tertiary/aromatic N) is 1. The molecule has 1 aromatic rings. The SMILES string of the molecule is C[C@H](C(=O)N1CCC[C@H](CNC(=O)[C@H]2CCCN2)C1)c1cccs1. The van der Waals surface area contributed by atoms with Crippen molar-refractivity contribution in [1.29, 1.82) is 0 Å². The average molecular weight is 350 g/mol. The van der Waals surface area contributed by atoms with Crippen molar-refractivity contribution in [1.82, 2.24) is 15.5 Å². The molecule has 2 N–H and O–H groups in total. The molecule has 6 heteroatoms. The highest BCUT2D eigenvalue weighted by molar-refractivity contribution is 7.10. The summed E-state index contributed by atoms with van der Waals surface area (Å²) in [6.07, 6.45) is 4.10. The number of amides is 2. The summed E-state index contributed by atoms with van der Waals surface area (Å²) < 4.78 is 0. The van der Waals surface area contributed by atoms with Crippen molar-refractivity contribution >= 4 is 23.2 Å². The van der Waals surface area contributed by atoms with Gasteiger partial charge in [0.25, 0.3) is 0 Å². The van der Waals surface area contributed by atoms with Gasteiger partial charge in [-0.3, -0.25) is 9.59 Å². The summed E-state index contributed by atoms with van der Waals surface area (Å²) in [5.41, 5.74) is 0. The van der Waals surface area contributed by atoms with Crippen LogP contribution in [0.25, 0.3) is 0 Å². The van der Waals surface area contributed by atoms with Gasteiger partial charge in [0.05, 0.1) is 12.0 Å². The van der Waals surface area contributed by atoms with E-state index in [0.717, 1.165) is 50.2 Å². The molecule has 3 rings (SSSR count). The smallest absolute Gasteiger partial charge is 0.237 e. The third-order valence-corrected chi connectivity index (χ3v) is 6.17. The summed E-state index contributed by atoms with van der Waals surface area (Å²) in [4.78, 5) is 28.0. The Hall–Kier alpha value is -1.40. The molecule has 2 fully saturated rings. The Balaban J connectivity index is 1.48. The van der Waals surface area contributed by atoms with E-state index in [1.165, 1.54) is 0 Å². The first-order valence-electron chi connectivity index (χ1n) is 8.98. The molecule has 24 heavy (non-hydrogen) atoms. The maximum absolute atomic E-state index is 12.7. The Morgan fingerprint density at radius 2 is 2.29 bits per heavy atom. The van der Waals surface area contributed by atoms with Gasteiger partial charge < -0.3 is 15.5 Å². The summed E-state index contributed by atoms with van der Waals surface area (Å²) in [5, 5.41) is 8.32. The number of carbonyl (C=O) groups excluding carboxylic acids is 2. The van der Waals surface area contributed by atoms with E-state index in [4.69, 9.17) is 0 Å². The van der Waals surface area contributed by atoms with E-state index in [0.29, 0.717) is 12.5 Å². The minimum atomic E-state index is -0.0685. The van der Waals surface area contributed by atoms with Crippen molar-refractivity contribution in [2.45, 2.75) is 44.6 Å². The average Bonchev–Trinajstić information content (AvgIpc) is 3.32. The van der Waals surface area contributed by atoms with Gasteiger partial charge in [0.1, 0.15) is 0 Å². The number of piperidine rings is 1. The van der Waals surface area contributed by atoms with Crippen molar-refractivity contribution in [3.63, 3.8) is 0 Å². The van der Waals surface area contributed by atoms with Crippen molar-refractivity contribution in [3.05, 3.63) is 22.4 Å². The van der Waals surface area contributed by atoms with E-state index in [9.17, 15) is 9.59 Å². The molecule has 0 bridgehead atoms. The van der Waals surface area contributed by atoms with Crippen molar-refractivity contribution < 1.29 is 9.59 Å². The van der Waals surface area contributed by atoms with E-state index >= 15 is 0 Å². The molecule has 2 amide bonds. The summed E-state index contributed by atoms with van der Waals surface area (Å²) in [6.45, 7) is 5.19. The maximum atomic E-state index is 12.7. The number of hydrogen-bond acceptors (Lipinski definition) is 4. The summed E-state index contributed by atoms with van der Waals surface area (Å²) >= 11 is 1.64. The fourth-order valence-corrected chi connectivity index (χ4v) is 4.42. The van der Waals surface area contributed by atoms with E-state index in [2.05, 4.69) is 10.6 Å². The zero-order valence-electron chi connectivity index (χ0n) is 14.3. The van der Waals surface area contributed by atoms with Crippen LogP contribution in [0.5, 0.6) is 0 Å². The van der Waals surface area contributed by atoms with Gasteiger partial charge in [0, 0.05) is 24.5 Å². The van der Waals surface area contributed by atoms with E-state index in [1.54, 1.807) is 11.3 Å². The van der Waals surface area contributed by atoms with Gasteiger partial charge in [-0.25, -0.2) is 0 Å². The molecule has 0 aromatic carbocycles. The first-order valence-corrected chi connectivity index (χ1v) is 9.86. The van der Waals surface area contributed by atoms with Gasteiger partial charge in [0.2, 0.25) is 11.8 Å². The van der Waals surface area contributed by atoms with E-state index < -0.39 is 0 Å². The lowest BCUT2D eigenvalue weighted by molar-refractivity contribution is -0.134. The van der Waals surface area contributed by atoms with Gasteiger partial charge >= 0.3 is 0 Å². The van der Waals surface area contributed by atoms with Gasteiger partial charge in [-0.1, -0.05) is 6.07 Å². The highest BCUT2D eigenvalue weighted by atomic mass is 32.1. The molecular weight excluding hydrogens is 322 g/mol. The fourth-order valence-electron chi connectivity index (χ4n) is 3.64. The lowest BCUT2D eigenvalue weighted by Crippen LogP contribution is -2.47. The number of rotatable bonds is 5. The van der Waals surface area contributed by atoms with Crippen molar-refractivity contribution in [2.75, 3.05) is 26.2 Å². The van der Waals surface area contributed by atoms with E-state index in [1.807, 2.05) is 29.3 Å². The molecule has 1 aromatic heterocycles. The van der Waals surface area contributed by atoms with Crippen LogP contribution in [-0.2, 0) is 9.59 Å². The van der Waals surface area contributed by atoms with Crippen LogP contribution in [0.3, 0.4) is 0 Å². The fraction of sp³-hybridized carbons (Fsp3) is 0.667. The summed E-state index contributed by atoms with van der Waals surface area (Å²) in [5.74, 6) is 0.624. The molecule has 3 atom stereocenters. The lowest BCUT2D eigenvalue weighted by Gasteiger charge is -2.34. The molecule has 0 unspecified atom stereocenters. The van der Waals surface area contributed by atoms with Gasteiger partial charge in [-0.2, -0.15) is 0 Å².